The summed E-state index contributed by atoms with van der Waals surface area (Å²) in [6.45, 7) is 19.6. The van der Waals surface area contributed by atoms with E-state index in [-0.39, 0.29) is 16.7 Å². The largest absolute Gasteiger partial charge is 0.508 e. The molecule has 0 aliphatic heterocycles. The van der Waals surface area contributed by atoms with Crippen molar-refractivity contribution in [3.05, 3.63) is 57.6 Å². The molecule has 0 saturated carbocycles. The number of hydrogen-bond donors (Lipinski definition) is 2. The molecular weight excluding hydrogens is 344 g/mol. The summed E-state index contributed by atoms with van der Waals surface area (Å²) in [6, 6.07) is 7.63. The standard InChI is InChI=1S/C26H38O2/c1-10-11-18(21-19(27)14-12-16(2)23(21)25(4,5)6)22-20(28)15-13-17(3)24(22)26(7,8)9/h12-15,18,27-28H,10-11H2,1-9H3. The fourth-order valence-corrected chi connectivity index (χ4v) is 4.85. The topological polar surface area (TPSA) is 40.5 Å². The van der Waals surface area contributed by atoms with E-state index in [1.807, 2.05) is 24.3 Å². The molecule has 0 unspecified atom stereocenters. The summed E-state index contributed by atoms with van der Waals surface area (Å²) in [6.07, 6.45) is 1.85. The van der Waals surface area contributed by atoms with Crippen molar-refractivity contribution < 1.29 is 10.2 Å². The number of rotatable bonds is 4. The smallest absolute Gasteiger partial charge is 0.119 e. The minimum Gasteiger partial charge on any atom is -0.508 e. The van der Waals surface area contributed by atoms with Gasteiger partial charge >= 0.3 is 0 Å². The number of aromatic hydroxyl groups is 2. The van der Waals surface area contributed by atoms with Gasteiger partial charge in [0.15, 0.2) is 0 Å². The van der Waals surface area contributed by atoms with Crippen LogP contribution in [0.5, 0.6) is 11.5 Å². The highest BCUT2D eigenvalue weighted by molar-refractivity contribution is 5.58. The van der Waals surface area contributed by atoms with E-state index < -0.39 is 0 Å². The SMILES string of the molecule is CCCC(c1c(O)ccc(C)c1C(C)(C)C)c1c(O)ccc(C)c1C(C)(C)C. The lowest BCUT2D eigenvalue weighted by atomic mass is 9.70. The summed E-state index contributed by atoms with van der Waals surface area (Å²) >= 11 is 0. The van der Waals surface area contributed by atoms with Crippen molar-refractivity contribution in [2.24, 2.45) is 0 Å². The van der Waals surface area contributed by atoms with Crippen molar-refractivity contribution in [2.45, 2.75) is 91.9 Å². The van der Waals surface area contributed by atoms with Crippen LogP contribution in [0.15, 0.2) is 24.3 Å². The van der Waals surface area contributed by atoms with Crippen LogP contribution >= 0.6 is 0 Å². The van der Waals surface area contributed by atoms with Crippen molar-refractivity contribution in [2.75, 3.05) is 0 Å². The molecule has 0 aliphatic rings. The minimum absolute atomic E-state index is 0.0479. The van der Waals surface area contributed by atoms with Gasteiger partial charge in [0, 0.05) is 17.0 Å². The van der Waals surface area contributed by atoms with Crippen molar-refractivity contribution in [3.63, 3.8) is 0 Å². The first-order chi connectivity index (χ1) is 12.8. The van der Waals surface area contributed by atoms with Crippen molar-refractivity contribution in [1.29, 1.82) is 0 Å². The van der Waals surface area contributed by atoms with Crippen LogP contribution in [0, 0.1) is 13.8 Å². The van der Waals surface area contributed by atoms with Crippen LogP contribution in [0.1, 0.15) is 101 Å². The van der Waals surface area contributed by atoms with E-state index in [1.54, 1.807) is 0 Å². The van der Waals surface area contributed by atoms with E-state index in [1.165, 1.54) is 22.3 Å². The summed E-state index contributed by atoms with van der Waals surface area (Å²) in [5, 5.41) is 22.0. The molecule has 154 valence electrons. The van der Waals surface area contributed by atoms with E-state index in [0.29, 0.717) is 11.5 Å². The Bertz CT molecular complexity index is 779. The number of benzene rings is 2. The van der Waals surface area contributed by atoms with Crippen molar-refractivity contribution in [1.82, 2.24) is 0 Å². The van der Waals surface area contributed by atoms with Crippen molar-refractivity contribution >= 4 is 0 Å². The third kappa shape index (κ3) is 4.21. The van der Waals surface area contributed by atoms with Crippen LogP contribution in [0.4, 0.5) is 0 Å². The molecule has 2 heteroatoms. The lowest BCUT2D eigenvalue weighted by Crippen LogP contribution is -2.22. The Morgan fingerprint density at radius 1 is 0.714 bits per heavy atom. The number of hydrogen-bond acceptors (Lipinski definition) is 2. The molecule has 0 radical (unpaired) electrons. The molecule has 0 bridgehead atoms. The predicted octanol–water partition coefficient (Wildman–Crippen LogP) is 7.24. The molecule has 0 amide bonds. The molecule has 2 aromatic rings. The van der Waals surface area contributed by atoms with Gasteiger partial charge in [-0.1, -0.05) is 67.0 Å². The molecule has 0 spiro atoms. The van der Waals surface area contributed by atoms with E-state index in [4.69, 9.17) is 0 Å². The molecule has 0 aromatic heterocycles. The fourth-order valence-electron chi connectivity index (χ4n) is 4.85. The Hall–Kier alpha value is -1.96. The van der Waals surface area contributed by atoms with Gasteiger partial charge in [-0.3, -0.25) is 0 Å². The maximum Gasteiger partial charge on any atom is 0.119 e. The number of aryl methyl sites for hydroxylation is 2. The fraction of sp³-hybridized carbons (Fsp3) is 0.538. The zero-order chi connectivity index (χ0) is 21.4. The third-order valence-electron chi connectivity index (χ3n) is 5.64. The second-order valence-corrected chi connectivity index (χ2v) is 10.2. The van der Waals surface area contributed by atoms with Gasteiger partial charge in [0.25, 0.3) is 0 Å². The lowest BCUT2D eigenvalue weighted by molar-refractivity contribution is 0.438. The quantitative estimate of drug-likeness (QED) is 0.585. The summed E-state index contributed by atoms with van der Waals surface area (Å²) in [4.78, 5) is 0. The number of phenols is 2. The molecule has 0 atom stereocenters. The van der Waals surface area contributed by atoms with Crippen LogP contribution in [0.25, 0.3) is 0 Å². The molecule has 0 fully saturated rings. The Labute approximate surface area is 171 Å². The van der Waals surface area contributed by atoms with Gasteiger partial charge in [0.1, 0.15) is 11.5 Å². The predicted molar refractivity (Wildman–Crippen MR) is 120 cm³/mol. The molecule has 28 heavy (non-hydrogen) atoms. The second-order valence-electron chi connectivity index (χ2n) is 10.2. The lowest BCUT2D eigenvalue weighted by Gasteiger charge is -2.34. The monoisotopic (exact) mass is 382 g/mol. The molecule has 2 N–H and O–H groups in total. The van der Waals surface area contributed by atoms with Gasteiger partial charge in [-0.05, 0) is 65.5 Å². The van der Waals surface area contributed by atoms with E-state index in [9.17, 15) is 10.2 Å². The van der Waals surface area contributed by atoms with E-state index >= 15 is 0 Å². The highest BCUT2D eigenvalue weighted by atomic mass is 16.3. The first kappa shape index (κ1) is 22.3. The van der Waals surface area contributed by atoms with Gasteiger partial charge in [-0.15, -0.1) is 0 Å². The Balaban J connectivity index is 2.96. The van der Waals surface area contributed by atoms with Gasteiger partial charge in [0.2, 0.25) is 0 Å². The van der Waals surface area contributed by atoms with Crippen LogP contribution in [0.2, 0.25) is 0 Å². The van der Waals surface area contributed by atoms with Crippen LogP contribution < -0.4 is 0 Å². The number of phenolic OH excluding ortho intramolecular Hbond substituents is 2. The van der Waals surface area contributed by atoms with E-state index in [2.05, 4.69) is 62.3 Å². The highest BCUT2D eigenvalue weighted by Crippen LogP contribution is 2.48. The zero-order valence-electron chi connectivity index (χ0n) is 19.2. The first-order valence-electron chi connectivity index (χ1n) is 10.5. The first-order valence-corrected chi connectivity index (χ1v) is 10.5. The summed E-state index contributed by atoms with van der Waals surface area (Å²) in [7, 11) is 0. The minimum atomic E-state index is -0.106. The maximum absolute atomic E-state index is 11.0. The van der Waals surface area contributed by atoms with Crippen LogP contribution in [0.3, 0.4) is 0 Å². The van der Waals surface area contributed by atoms with Crippen LogP contribution in [-0.2, 0) is 10.8 Å². The zero-order valence-corrected chi connectivity index (χ0v) is 19.2. The maximum atomic E-state index is 11.0. The highest BCUT2D eigenvalue weighted by Gasteiger charge is 2.33. The molecule has 0 heterocycles. The summed E-state index contributed by atoms with van der Waals surface area (Å²) < 4.78 is 0. The average molecular weight is 383 g/mol. The molecule has 2 aromatic carbocycles. The second kappa shape index (κ2) is 7.81. The normalized spacial score (nSPS) is 12.6. The molecular formula is C26H38O2. The summed E-state index contributed by atoms with van der Waals surface area (Å²) in [5.41, 5.74) is 6.48. The van der Waals surface area contributed by atoms with Gasteiger partial charge in [0.05, 0.1) is 0 Å². The van der Waals surface area contributed by atoms with Gasteiger partial charge < -0.3 is 10.2 Å². The molecule has 0 aliphatic carbocycles. The summed E-state index contributed by atoms with van der Waals surface area (Å²) in [5.74, 6) is 0.609. The van der Waals surface area contributed by atoms with Crippen LogP contribution in [-0.4, -0.2) is 10.2 Å². The van der Waals surface area contributed by atoms with Crippen molar-refractivity contribution in [3.8, 4) is 11.5 Å². The average Bonchev–Trinajstić information content (AvgIpc) is 2.54. The Kier molecular flexibility index (Phi) is 6.23. The molecule has 2 rings (SSSR count). The Morgan fingerprint density at radius 3 is 1.36 bits per heavy atom. The molecule has 0 saturated heterocycles. The van der Waals surface area contributed by atoms with Gasteiger partial charge in [-0.25, -0.2) is 0 Å². The Morgan fingerprint density at radius 2 is 1.07 bits per heavy atom. The third-order valence-corrected chi connectivity index (χ3v) is 5.64. The van der Waals surface area contributed by atoms with Gasteiger partial charge in [-0.2, -0.15) is 0 Å². The molecule has 2 nitrogen and oxygen atoms in total. The van der Waals surface area contributed by atoms with E-state index in [0.717, 1.165) is 24.0 Å².